The molecule has 0 radical (unpaired) electrons. The van der Waals surface area contributed by atoms with Crippen LogP contribution in [0.1, 0.15) is 36.8 Å². The number of urea groups is 1. The highest BCUT2D eigenvalue weighted by atomic mass is 32.1. The summed E-state index contributed by atoms with van der Waals surface area (Å²) in [5.41, 5.74) is 0.429. The number of nitrogens with one attached hydrogen (secondary N) is 3. The second kappa shape index (κ2) is 11.5. The molecule has 0 saturated carbocycles. The summed E-state index contributed by atoms with van der Waals surface area (Å²) in [6, 6.07) is 5.92. The largest absolute Gasteiger partial charge is 0.434 e. The van der Waals surface area contributed by atoms with Gasteiger partial charge in [-0.2, -0.15) is 13.2 Å². The fraction of sp³-hybridized carbons (Fsp3) is 0.296. The molecule has 0 atom stereocenters. The molecular formula is C27H27F3N6O3S. The van der Waals surface area contributed by atoms with Gasteiger partial charge >= 0.3 is 12.2 Å². The first-order chi connectivity index (χ1) is 18.9. The number of rotatable bonds is 7. The van der Waals surface area contributed by atoms with Gasteiger partial charge in [-0.25, -0.2) is 14.8 Å². The van der Waals surface area contributed by atoms with Crippen LogP contribution in [0.25, 0.3) is 32.6 Å². The number of carbonyl (C=O) groups is 2. The van der Waals surface area contributed by atoms with Crippen LogP contribution in [0.15, 0.2) is 46.8 Å². The standard InChI is InChI=1S/C27H27F3N6O3S/c1-5-32-26(39)35-22-9-17(25-34-21(13-40-25)27(28,29)30)18(10-33-22)15-6-7-16-20(8-15)36(11-14(2)3)12-19(23(16)37)24(38)31-4/h6-10,12-14H,5,11H2,1-4H3,(H,31,38)(H2,32,33,35,39). The molecule has 1 aromatic carbocycles. The fourth-order valence-electron chi connectivity index (χ4n) is 4.18. The maximum Gasteiger partial charge on any atom is 0.434 e. The molecule has 0 aliphatic rings. The fourth-order valence-corrected chi connectivity index (χ4v) is 5.03. The SMILES string of the molecule is CCNC(=O)Nc1cc(-c2nc(C(F)(F)F)cs2)c(-c2ccc3c(=O)c(C(=O)NC)cn(CC(C)C)c3c2)cn1. The van der Waals surface area contributed by atoms with Crippen molar-refractivity contribution in [3.8, 4) is 21.7 Å². The molecule has 0 saturated heterocycles. The van der Waals surface area contributed by atoms with E-state index in [-0.39, 0.29) is 22.3 Å². The Morgan fingerprint density at radius 1 is 1.15 bits per heavy atom. The Labute approximate surface area is 231 Å². The Balaban J connectivity index is 1.93. The second-order valence-electron chi connectivity index (χ2n) is 9.36. The molecule has 0 spiro atoms. The van der Waals surface area contributed by atoms with Gasteiger partial charge in [0, 0.05) is 54.4 Å². The molecular weight excluding hydrogens is 545 g/mol. The van der Waals surface area contributed by atoms with Crippen molar-refractivity contribution < 1.29 is 22.8 Å². The number of hydrogen-bond donors (Lipinski definition) is 3. The average Bonchev–Trinajstić information content (AvgIpc) is 3.41. The number of alkyl halides is 3. The normalized spacial score (nSPS) is 11.6. The van der Waals surface area contributed by atoms with Gasteiger partial charge in [-0.15, -0.1) is 11.3 Å². The Bertz CT molecular complexity index is 1650. The van der Waals surface area contributed by atoms with Gasteiger partial charge in [0.05, 0.1) is 5.52 Å². The smallest absolute Gasteiger partial charge is 0.355 e. The quantitative estimate of drug-likeness (QED) is 0.276. The lowest BCUT2D eigenvalue weighted by Crippen LogP contribution is -2.28. The number of amides is 3. The third-order valence-corrected chi connectivity index (χ3v) is 6.81. The van der Waals surface area contributed by atoms with Crippen molar-refractivity contribution in [2.24, 2.45) is 5.92 Å². The van der Waals surface area contributed by atoms with Crippen LogP contribution in [0.5, 0.6) is 0 Å². The summed E-state index contributed by atoms with van der Waals surface area (Å²) in [6.07, 6.45) is -1.67. The number of anilines is 1. The molecule has 4 aromatic rings. The van der Waals surface area contributed by atoms with Crippen LogP contribution in [0.4, 0.5) is 23.8 Å². The molecule has 0 aliphatic carbocycles. The molecule has 0 fully saturated rings. The third kappa shape index (κ3) is 5.98. The zero-order valence-corrected chi connectivity index (χ0v) is 23.0. The van der Waals surface area contributed by atoms with E-state index in [0.717, 1.165) is 16.7 Å². The Kier molecular flexibility index (Phi) is 8.24. The number of benzene rings is 1. The van der Waals surface area contributed by atoms with Crippen molar-refractivity contribution in [1.82, 2.24) is 25.2 Å². The van der Waals surface area contributed by atoms with Crippen LogP contribution in [0, 0.1) is 5.92 Å². The second-order valence-corrected chi connectivity index (χ2v) is 10.2. The van der Waals surface area contributed by atoms with E-state index in [1.807, 2.05) is 18.4 Å². The minimum atomic E-state index is -4.62. The lowest BCUT2D eigenvalue weighted by atomic mass is 9.99. The summed E-state index contributed by atoms with van der Waals surface area (Å²) < 4.78 is 41.9. The van der Waals surface area contributed by atoms with E-state index in [4.69, 9.17) is 0 Å². The monoisotopic (exact) mass is 572 g/mol. The van der Waals surface area contributed by atoms with Crippen molar-refractivity contribution >= 4 is 40.0 Å². The van der Waals surface area contributed by atoms with Gasteiger partial charge in [0.15, 0.2) is 5.69 Å². The maximum absolute atomic E-state index is 13.4. The molecule has 0 aliphatic heterocycles. The molecule has 4 rings (SSSR count). The number of fused-ring (bicyclic) bond motifs is 1. The van der Waals surface area contributed by atoms with Crippen LogP contribution in [0.2, 0.25) is 0 Å². The minimum Gasteiger partial charge on any atom is -0.355 e. The summed E-state index contributed by atoms with van der Waals surface area (Å²) in [6.45, 7) is 6.61. The lowest BCUT2D eigenvalue weighted by molar-refractivity contribution is -0.140. The van der Waals surface area contributed by atoms with E-state index in [1.54, 1.807) is 25.1 Å². The van der Waals surface area contributed by atoms with Gasteiger partial charge in [-0.3, -0.25) is 14.9 Å². The van der Waals surface area contributed by atoms with Gasteiger partial charge < -0.3 is 15.2 Å². The number of hydrogen-bond acceptors (Lipinski definition) is 6. The highest BCUT2D eigenvalue weighted by Crippen LogP contribution is 2.39. The Hall–Kier alpha value is -4.26. The highest BCUT2D eigenvalue weighted by Gasteiger charge is 2.34. The van der Waals surface area contributed by atoms with Crippen LogP contribution in [-0.2, 0) is 12.7 Å². The van der Waals surface area contributed by atoms with Gasteiger partial charge in [0.2, 0.25) is 5.43 Å². The molecule has 13 heteroatoms. The van der Waals surface area contributed by atoms with E-state index in [2.05, 4.69) is 25.9 Å². The molecule has 210 valence electrons. The zero-order valence-electron chi connectivity index (χ0n) is 22.1. The molecule has 3 heterocycles. The molecule has 40 heavy (non-hydrogen) atoms. The number of carbonyl (C=O) groups excluding carboxylic acids is 2. The van der Waals surface area contributed by atoms with Gasteiger partial charge in [-0.1, -0.05) is 19.9 Å². The van der Waals surface area contributed by atoms with Crippen molar-refractivity contribution in [3.05, 3.63) is 63.5 Å². The number of aromatic nitrogens is 3. The average molecular weight is 573 g/mol. The third-order valence-electron chi connectivity index (χ3n) is 5.93. The maximum atomic E-state index is 13.4. The topological polar surface area (TPSA) is 118 Å². The number of halogens is 3. The van der Waals surface area contributed by atoms with Crippen LogP contribution < -0.4 is 21.4 Å². The highest BCUT2D eigenvalue weighted by molar-refractivity contribution is 7.13. The lowest BCUT2D eigenvalue weighted by Gasteiger charge is -2.17. The molecule has 0 bridgehead atoms. The van der Waals surface area contributed by atoms with Gasteiger partial charge in [0.25, 0.3) is 5.91 Å². The van der Waals surface area contributed by atoms with E-state index in [1.165, 1.54) is 25.5 Å². The summed E-state index contributed by atoms with van der Waals surface area (Å²) >= 11 is 0.815. The zero-order chi connectivity index (χ0) is 29.2. The first-order valence-corrected chi connectivity index (χ1v) is 13.3. The number of pyridine rings is 2. The number of thiazole rings is 1. The van der Waals surface area contributed by atoms with Crippen molar-refractivity contribution in [1.29, 1.82) is 0 Å². The van der Waals surface area contributed by atoms with E-state index < -0.39 is 29.2 Å². The molecule has 3 amide bonds. The first-order valence-electron chi connectivity index (χ1n) is 12.4. The number of nitrogens with zero attached hydrogens (tertiary/aromatic N) is 3. The van der Waals surface area contributed by atoms with Crippen molar-refractivity contribution in [2.75, 3.05) is 18.9 Å². The molecule has 9 nitrogen and oxygen atoms in total. The predicted molar refractivity (Wildman–Crippen MR) is 148 cm³/mol. The Morgan fingerprint density at radius 2 is 1.90 bits per heavy atom. The predicted octanol–water partition coefficient (Wildman–Crippen LogP) is 5.36. The summed E-state index contributed by atoms with van der Waals surface area (Å²) in [5.74, 6) is -0.194. The van der Waals surface area contributed by atoms with Gasteiger partial charge in [-0.05, 0) is 36.6 Å². The van der Waals surface area contributed by atoms with E-state index in [9.17, 15) is 27.6 Å². The molecule has 3 aromatic heterocycles. The van der Waals surface area contributed by atoms with Crippen molar-refractivity contribution in [2.45, 2.75) is 33.5 Å². The van der Waals surface area contributed by atoms with Crippen LogP contribution in [-0.4, -0.2) is 40.1 Å². The van der Waals surface area contributed by atoms with E-state index in [0.29, 0.717) is 40.7 Å². The summed E-state index contributed by atoms with van der Waals surface area (Å²) in [7, 11) is 1.45. The summed E-state index contributed by atoms with van der Waals surface area (Å²) in [5, 5.41) is 8.96. The minimum absolute atomic E-state index is 0.00834. The van der Waals surface area contributed by atoms with Crippen LogP contribution >= 0.6 is 11.3 Å². The van der Waals surface area contributed by atoms with Gasteiger partial charge in [0.1, 0.15) is 16.4 Å². The molecule has 0 unspecified atom stereocenters. The molecule has 3 N–H and O–H groups in total. The first kappa shape index (κ1) is 28.7. The van der Waals surface area contributed by atoms with E-state index >= 15 is 0 Å². The summed E-state index contributed by atoms with van der Waals surface area (Å²) in [4.78, 5) is 45.7. The Morgan fingerprint density at radius 3 is 2.52 bits per heavy atom. The van der Waals surface area contributed by atoms with Crippen molar-refractivity contribution in [3.63, 3.8) is 0 Å². The van der Waals surface area contributed by atoms with Crippen LogP contribution in [0.3, 0.4) is 0 Å².